The third-order valence-corrected chi connectivity index (χ3v) is 4.47. The van der Waals surface area contributed by atoms with Crippen LogP contribution in [0, 0.1) is 0 Å². The van der Waals surface area contributed by atoms with E-state index in [4.69, 9.17) is 4.74 Å². The standard InChI is InChI=1S/C23H31N3O3/c1-4-6-15-24-23(28)18-7-9-20(10-8-18)26-22(27)16-25-19-11-13-21(14-12-19)29-17(3)5-2/h7-14,17,25H,4-6,15-16H2,1-3H3,(H,24,28)(H,26,27). The normalized spacial score (nSPS) is 11.4. The van der Waals surface area contributed by atoms with Gasteiger partial charge in [-0.1, -0.05) is 20.3 Å². The number of rotatable bonds is 11. The molecule has 0 radical (unpaired) electrons. The highest BCUT2D eigenvalue weighted by Crippen LogP contribution is 2.17. The van der Waals surface area contributed by atoms with E-state index in [1.165, 1.54) is 0 Å². The molecule has 156 valence electrons. The van der Waals surface area contributed by atoms with Crippen LogP contribution in [0.3, 0.4) is 0 Å². The fraction of sp³-hybridized carbons (Fsp3) is 0.391. The van der Waals surface area contributed by atoms with Gasteiger partial charge in [0.15, 0.2) is 0 Å². The van der Waals surface area contributed by atoms with Crippen molar-refractivity contribution in [1.29, 1.82) is 0 Å². The third-order valence-electron chi connectivity index (χ3n) is 4.47. The van der Waals surface area contributed by atoms with Gasteiger partial charge in [0.05, 0.1) is 12.6 Å². The molecule has 2 aromatic carbocycles. The number of nitrogens with one attached hydrogen (secondary N) is 3. The van der Waals surface area contributed by atoms with Crippen molar-refractivity contribution in [3.63, 3.8) is 0 Å². The Morgan fingerprint density at radius 2 is 1.62 bits per heavy atom. The molecule has 0 aliphatic heterocycles. The molecule has 1 unspecified atom stereocenters. The number of carbonyl (C=O) groups excluding carboxylic acids is 2. The quantitative estimate of drug-likeness (QED) is 0.490. The van der Waals surface area contributed by atoms with Gasteiger partial charge < -0.3 is 20.7 Å². The van der Waals surface area contributed by atoms with Gasteiger partial charge in [0.2, 0.25) is 5.91 Å². The molecule has 29 heavy (non-hydrogen) atoms. The second-order valence-electron chi connectivity index (χ2n) is 6.95. The summed E-state index contributed by atoms with van der Waals surface area (Å²) in [6.45, 7) is 7.00. The zero-order valence-corrected chi connectivity index (χ0v) is 17.5. The molecule has 2 aromatic rings. The molecule has 2 rings (SSSR count). The minimum Gasteiger partial charge on any atom is -0.491 e. The van der Waals surface area contributed by atoms with E-state index in [1.807, 2.05) is 31.2 Å². The van der Waals surface area contributed by atoms with Gasteiger partial charge in [-0.05, 0) is 68.3 Å². The predicted molar refractivity (Wildman–Crippen MR) is 118 cm³/mol. The third kappa shape index (κ3) is 7.86. The van der Waals surface area contributed by atoms with Crippen LogP contribution in [-0.4, -0.2) is 31.0 Å². The average Bonchev–Trinajstić information content (AvgIpc) is 2.73. The van der Waals surface area contributed by atoms with Crippen LogP contribution in [0.2, 0.25) is 0 Å². The number of unbranched alkanes of at least 4 members (excludes halogenated alkanes) is 1. The van der Waals surface area contributed by atoms with Gasteiger partial charge in [-0.15, -0.1) is 0 Å². The lowest BCUT2D eigenvalue weighted by Crippen LogP contribution is -2.24. The van der Waals surface area contributed by atoms with Crippen molar-refractivity contribution in [3.8, 4) is 5.75 Å². The van der Waals surface area contributed by atoms with Gasteiger partial charge in [0, 0.05) is 23.5 Å². The monoisotopic (exact) mass is 397 g/mol. The first kappa shape index (κ1) is 22.3. The first-order valence-corrected chi connectivity index (χ1v) is 10.2. The van der Waals surface area contributed by atoms with Crippen LogP contribution in [-0.2, 0) is 4.79 Å². The van der Waals surface area contributed by atoms with Crippen molar-refractivity contribution in [2.45, 2.75) is 46.1 Å². The Bertz CT molecular complexity index is 773. The van der Waals surface area contributed by atoms with E-state index < -0.39 is 0 Å². The van der Waals surface area contributed by atoms with Crippen molar-refractivity contribution < 1.29 is 14.3 Å². The maximum atomic E-state index is 12.2. The van der Waals surface area contributed by atoms with E-state index >= 15 is 0 Å². The highest BCUT2D eigenvalue weighted by Gasteiger charge is 2.07. The molecule has 0 aromatic heterocycles. The maximum absolute atomic E-state index is 12.2. The summed E-state index contributed by atoms with van der Waals surface area (Å²) >= 11 is 0. The van der Waals surface area contributed by atoms with Gasteiger partial charge in [-0.2, -0.15) is 0 Å². The Kier molecular flexibility index (Phi) is 9.02. The largest absolute Gasteiger partial charge is 0.491 e. The van der Waals surface area contributed by atoms with Crippen LogP contribution < -0.4 is 20.7 Å². The number of hydrogen-bond acceptors (Lipinski definition) is 4. The molecular weight excluding hydrogens is 366 g/mol. The van der Waals surface area contributed by atoms with Gasteiger partial charge >= 0.3 is 0 Å². The van der Waals surface area contributed by atoms with Crippen molar-refractivity contribution >= 4 is 23.2 Å². The SMILES string of the molecule is CCCCNC(=O)c1ccc(NC(=O)CNc2ccc(OC(C)CC)cc2)cc1. The maximum Gasteiger partial charge on any atom is 0.251 e. The van der Waals surface area contributed by atoms with Gasteiger partial charge in [0.1, 0.15) is 5.75 Å². The molecule has 6 heteroatoms. The Labute approximate surface area is 173 Å². The summed E-state index contributed by atoms with van der Waals surface area (Å²) in [7, 11) is 0. The summed E-state index contributed by atoms with van der Waals surface area (Å²) in [5, 5.41) is 8.77. The van der Waals surface area contributed by atoms with Crippen LogP contribution in [0.15, 0.2) is 48.5 Å². The Balaban J connectivity index is 1.78. The van der Waals surface area contributed by atoms with Gasteiger partial charge in [-0.3, -0.25) is 9.59 Å². The van der Waals surface area contributed by atoms with E-state index in [9.17, 15) is 9.59 Å². The van der Waals surface area contributed by atoms with E-state index in [0.717, 1.165) is 30.7 Å². The summed E-state index contributed by atoms with van der Waals surface area (Å²) in [6, 6.07) is 14.4. The first-order chi connectivity index (χ1) is 14.0. The number of ether oxygens (including phenoxy) is 1. The summed E-state index contributed by atoms with van der Waals surface area (Å²) in [4.78, 5) is 24.1. The van der Waals surface area contributed by atoms with Crippen molar-refractivity contribution in [3.05, 3.63) is 54.1 Å². The predicted octanol–water partition coefficient (Wildman–Crippen LogP) is 4.44. The van der Waals surface area contributed by atoms with Gasteiger partial charge in [0.25, 0.3) is 5.91 Å². The lowest BCUT2D eigenvalue weighted by atomic mass is 10.2. The average molecular weight is 398 g/mol. The Hall–Kier alpha value is -3.02. The molecule has 3 N–H and O–H groups in total. The van der Waals surface area contributed by atoms with E-state index in [0.29, 0.717) is 17.8 Å². The smallest absolute Gasteiger partial charge is 0.251 e. The van der Waals surface area contributed by atoms with Crippen LogP contribution in [0.5, 0.6) is 5.75 Å². The molecule has 0 saturated carbocycles. The summed E-state index contributed by atoms with van der Waals surface area (Å²) in [6.07, 6.45) is 3.12. The van der Waals surface area contributed by atoms with Crippen molar-refractivity contribution in [2.75, 3.05) is 23.7 Å². The van der Waals surface area contributed by atoms with Crippen molar-refractivity contribution in [2.24, 2.45) is 0 Å². The number of hydrogen-bond donors (Lipinski definition) is 3. The summed E-state index contributed by atoms with van der Waals surface area (Å²) < 4.78 is 5.74. The molecule has 0 aliphatic carbocycles. The zero-order valence-electron chi connectivity index (χ0n) is 17.5. The van der Waals surface area contributed by atoms with Gasteiger partial charge in [-0.25, -0.2) is 0 Å². The minimum absolute atomic E-state index is 0.0984. The van der Waals surface area contributed by atoms with E-state index in [2.05, 4.69) is 29.8 Å². The Morgan fingerprint density at radius 3 is 2.24 bits per heavy atom. The molecular formula is C23H31N3O3. The number of anilines is 2. The summed E-state index contributed by atoms with van der Waals surface area (Å²) in [5.41, 5.74) is 2.08. The second kappa shape index (κ2) is 11.7. The second-order valence-corrected chi connectivity index (χ2v) is 6.95. The zero-order chi connectivity index (χ0) is 21.1. The first-order valence-electron chi connectivity index (χ1n) is 10.2. The fourth-order valence-corrected chi connectivity index (χ4v) is 2.54. The van der Waals surface area contributed by atoms with Crippen LogP contribution >= 0.6 is 0 Å². The van der Waals surface area contributed by atoms with Crippen molar-refractivity contribution in [1.82, 2.24) is 5.32 Å². The molecule has 0 saturated heterocycles. The lowest BCUT2D eigenvalue weighted by molar-refractivity contribution is -0.114. The number of carbonyl (C=O) groups is 2. The molecule has 0 bridgehead atoms. The minimum atomic E-state index is -0.162. The highest BCUT2D eigenvalue weighted by atomic mass is 16.5. The topological polar surface area (TPSA) is 79.5 Å². The molecule has 2 amide bonds. The van der Waals surface area contributed by atoms with Crippen LogP contribution in [0.1, 0.15) is 50.4 Å². The molecule has 0 fully saturated rings. The van der Waals surface area contributed by atoms with E-state index in [1.54, 1.807) is 24.3 Å². The lowest BCUT2D eigenvalue weighted by Gasteiger charge is -2.13. The molecule has 0 spiro atoms. The fourth-order valence-electron chi connectivity index (χ4n) is 2.54. The molecule has 0 aliphatic rings. The number of benzene rings is 2. The molecule has 1 atom stereocenters. The molecule has 0 heterocycles. The van der Waals surface area contributed by atoms with Crippen LogP contribution in [0.4, 0.5) is 11.4 Å². The molecule has 6 nitrogen and oxygen atoms in total. The summed E-state index contributed by atoms with van der Waals surface area (Å²) in [5.74, 6) is 0.553. The van der Waals surface area contributed by atoms with E-state index in [-0.39, 0.29) is 24.5 Å². The number of amides is 2. The van der Waals surface area contributed by atoms with Crippen LogP contribution in [0.25, 0.3) is 0 Å². The Morgan fingerprint density at radius 1 is 0.966 bits per heavy atom. The highest BCUT2D eigenvalue weighted by molar-refractivity contribution is 5.96.